The highest BCUT2D eigenvalue weighted by Crippen LogP contribution is 2.49. The summed E-state index contributed by atoms with van der Waals surface area (Å²) in [6, 6.07) is 56.5. The average Bonchev–Trinajstić information content (AvgIpc) is 3.11. The van der Waals surface area contributed by atoms with Crippen molar-refractivity contribution in [2.24, 2.45) is 0 Å². The molecule has 0 amide bonds. The van der Waals surface area contributed by atoms with E-state index in [1.165, 1.54) is 0 Å². The molecule has 0 spiro atoms. The molecule has 0 saturated carbocycles. The molecule has 218 valence electrons. The summed E-state index contributed by atoms with van der Waals surface area (Å²) in [6.45, 7) is 0. The van der Waals surface area contributed by atoms with Crippen LogP contribution in [-0.2, 0) is 0 Å². The Labute approximate surface area is 267 Å². The van der Waals surface area contributed by atoms with Crippen LogP contribution in [0.2, 0.25) is 0 Å². The summed E-state index contributed by atoms with van der Waals surface area (Å²) in [5.74, 6) is 2.15. The third-order valence-electron chi connectivity index (χ3n) is 8.71. The van der Waals surface area contributed by atoms with Gasteiger partial charge in [0.2, 0.25) is 0 Å². The van der Waals surface area contributed by atoms with E-state index in [-0.39, 0.29) is 0 Å². The van der Waals surface area contributed by atoms with E-state index in [2.05, 4.69) is 127 Å². The molecule has 9 rings (SSSR count). The third kappa shape index (κ3) is 4.56. The fourth-order valence-corrected chi connectivity index (χ4v) is 7.65. The van der Waals surface area contributed by atoms with E-state index < -0.39 is 8.60 Å². The SMILES string of the molecule is c1ccc2c(c1)ccc1cccc(OP(Oc3cccc4ccc5ccccc5c34)Oc3cccc4ccc5ccccc5c34)c12. The van der Waals surface area contributed by atoms with Crippen LogP contribution in [0.5, 0.6) is 17.2 Å². The van der Waals surface area contributed by atoms with Crippen LogP contribution in [0, 0.1) is 0 Å². The van der Waals surface area contributed by atoms with Crippen molar-refractivity contribution in [2.45, 2.75) is 0 Å². The Morgan fingerprint density at radius 3 is 0.891 bits per heavy atom. The largest absolute Gasteiger partial charge is 0.530 e. The van der Waals surface area contributed by atoms with Crippen LogP contribution in [0.4, 0.5) is 0 Å². The van der Waals surface area contributed by atoms with E-state index in [4.69, 9.17) is 13.6 Å². The maximum Gasteiger partial charge on any atom is 0.530 e. The first-order valence-electron chi connectivity index (χ1n) is 15.4. The van der Waals surface area contributed by atoms with Crippen molar-refractivity contribution >= 4 is 73.2 Å². The van der Waals surface area contributed by atoms with E-state index in [9.17, 15) is 0 Å². The van der Waals surface area contributed by atoms with Gasteiger partial charge in [0.1, 0.15) is 17.2 Å². The predicted octanol–water partition coefficient (Wildman–Crippen LogP) is 12.4. The second-order valence-electron chi connectivity index (χ2n) is 11.4. The number of benzene rings is 9. The van der Waals surface area contributed by atoms with Gasteiger partial charge in [0, 0.05) is 16.2 Å². The first-order valence-corrected chi connectivity index (χ1v) is 16.5. The fourth-order valence-electron chi connectivity index (χ4n) is 6.60. The minimum absolute atomic E-state index is 0.718. The molecule has 9 aromatic carbocycles. The summed E-state index contributed by atoms with van der Waals surface area (Å²) in [4.78, 5) is 0. The molecule has 0 radical (unpaired) electrons. The van der Waals surface area contributed by atoms with Gasteiger partial charge in [0.05, 0.1) is 0 Å². The Hall–Kier alpha value is -5.63. The normalized spacial score (nSPS) is 11.7. The van der Waals surface area contributed by atoms with Gasteiger partial charge in [-0.1, -0.05) is 146 Å². The standard InChI is InChI=1S/C42H27O3P/c1-4-16-34-28(10-1)22-25-31-13-7-19-37(40(31)34)43-46(44-38-20-8-14-32-26-23-29-11-2-5-17-35(29)41(32)38)45-39-21-9-15-33-27-24-30-12-3-6-18-36(30)42(33)39/h1-27H. The lowest BCUT2D eigenvalue weighted by Gasteiger charge is -2.21. The number of hydrogen-bond acceptors (Lipinski definition) is 3. The monoisotopic (exact) mass is 610 g/mol. The van der Waals surface area contributed by atoms with E-state index in [0.717, 1.165) is 81.9 Å². The summed E-state index contributed by atoms with van der Waals surface area (Å²) in [5, 5.41) is 13.2. The Morgan fingerprint density at radius 1 is 0.261 bits per heavy atom. The average molecular weight is 611 g/mol. The number of rotatable bonds is 6. The molecule has 0 aliphatic carbocycles. The number of hydrogen-bond donors (Lipinski definition) is 0. The van der Waals surface area contributed by atoms with Gasteiger partial charge in [-0.25, -0.2) is 0 Å². The first-order chi connectivity index (χ1) is 22.8. The highest BCUT2D eigenvalue weighted by Gasteiger charge is 2.24. The molecule has 0 bridgehead atoms. The van der Waals surface area contributed by atoms with E-state index >= 15 is 0 Å². The summed E-state index contributed by atoms with van der Waals surface area (Å²) >= 11 is 0. The summed E-state index contributed by atoms with van der Waals surface area (Å²) in [6.07, 6.45) is 0. The second-order valence-corrected chi connectivity index (χ2v) is 12.4. The molecule has 0 N–H and O–H groups in total. The topological polar surface area (TPSA) is 27.7 Å². The highest BCUT2D eigenvalue weighted by molar-refractivity contribution is 7.43. The fraction of sp³-hybridized carbons (Fsp3) is 0. The number of fused-ring (bicyclic) bond motifs is 9. The van der Waals surface area contributed by atoms with E-state index in [1.54, 1.807) is 0 Å². The van der Waals surface area contributed by atoms with Crippen LogP contribution in [0.3, 0.4) is 0 Å². The summed E-state index contributed by atoms with van der Waals surface area (Å²) in [7, 11) is -1.98. The van der Waals surface area contributed by atoms with Gasteiger partial charge < -0.3 is 13.6 Å². The molecule has 9 aromatic rings. The highest BCUT2D eigenvalue weighted by atomic mass is 31.2. The maximum absolute atomic E-state index is 6.89. The molecule has 0 aliphatic heterocycles. The molecule has 46 heavy (non-hydrogen) atoms. The molecular formula is C42H27O3P. The molecule has 0 saturated heterocycles. The molecule has 0 unspecified atom stereocenters. The molecule has 4 heteroatoms. The van der Waals surface area contributed by atoms with Crippen LogP contribution in [0.15, 0.2) is 164 Å². The Morgan fingerprint density at radius 2 is 0.543 bits per heavy atom. The van der Waals surface area contributed by atoms with Crippen molar-refractivity contribution in [2.75, 3.05) is 0 Å². The predicted molar refractivity (Wildman–Crippen MR) is 193 cm³/mol. The molecule has 0 fully saturated rings. The molecular weight excluding hydrogens is 583 g/mol. The van der Waals surface area contributed by atoms with Gasteiger partial charge in [-0.3, -0.25) is 0 Å². The van der Waals surface area contributed by atoms with Crippen LogP contribution in [-0.4, -0.2) is 0 Å². The van der Waals surface area contributed by atoms with Crippen LogP contribution in [0.25, 0.3) is 64.6 Å². The lowest BCUT2D eigenvalue weighted by Crippen LogP contribution is -2.04. The Bertz CT molecular complexity index is 2310. The summed E-state index contributed by atoms with van der Waals surface area (Å²) < 4.78 is 20.7. The minimum Gasteiger partial charge on any atom is -0.408 e. The molecule has 0 heterocycles. The summed E-state index contributed by atoms with van der Waals surface area (Å²) in [5.41, 5.74) is 0. The van der Waals surface area contributed by atoms with Gasteiger partial charge in [0.25, 0.3) is 0 Å². The maximum atomic E-state index is 6.89. The Balaban J connectivity index is 1.23. The van der Waals surface area contributed by atoms with Crippen LogP contribution >= 0.6 is 8.60 Å². The zero-order chi connectivity index (χ0) is 30.5. The third-order valence-corrected chi connectivity index (χ3v) is 9.75. The smallest absolute Gasteiger partial charge is 0.408 e. The van der Waals surface area contributed by atoms with Crippen LogP contribution < -0.4 is 13.6 Å². The molecule has 3 nitrogen and oxygen atoms in total. The van der Waals surface area contributed by atoms with Gasteiger partial charge in [0.15, 0.2) is 0 Å². The van der Waals surface area contributed by atoms with Crippen molar-refractivity contribution in [3.05, 3.63) is 164 Å². The van der Waals surface area contributed by atoms with Crippen molar-refractivity contribution in [3.8, 4) is 17.2 Å². The van der Waals surface area contributed by atoms with Crippen molar-refractivity contribution < 1.29 is 13.6 Å². The lowest BCUT2D eigenvalue weighted by atomic mass is 10.0. The van der Waals surface area contributed by atoms with Gasteiger partial charge >= 0.3 is 8.60 Å². The zero-order valence-corrected chi connectivity index (χ0v) is 25.7. The van der Waals surface area contributed by atoms with E-state index in [0.29, 0.717) is 0 Å². The van der Waals surface area contributed by atoms with Crippen LogP contribution in [0.1, 0.15) is 0 Å². The van der Waals surface area contributed by atoms with E-state index in [1.807, 2.05) is 36.4 Å². The molecule has 0 aromatic heterocycles. The van der Waals surface area contributed by atoms with Crippen molar-refractivity contribution in [1.82, 2.24) is 0 Å². The molecule has 0 aliphatic rings. The van der Waals surface area contributed by atoms with Gasteiger partial charge in [-0.15, -0.1) is 0 Å². The minimum atomic E-state index is -1.98. The Kier molecular flexibility index (Phi) is 6.43. The van der Waals surface area contributed by atoms with Crippen molar-refractivity contribution in [1.29, 1.82) is 0 Å². The van der Waals surface area contributed by atoms with Gasteiger partial charge in [-0.05, 0) is 66.7 Å². The van der Waals surface area contributed by atoms with Crippen molar-refractivity contribution in [3.63, 3.8) is 0 Å². The van der Waals surface area contributed by atoms with Gasteiger partial charge in [-0.2, -0.15) is 0 Å². The lowest BCUT2D eigenvalue weighted by molar-refractivity contribution is 0.393. The zero-order valence-electron chi connectivity index (χ0n) is 24.8. The quantitative estimate of drug-likeness (QED) is 0.138. The molecule has 0 atom stereocenters. The second kappa shape index (κ2) is 11.1. The first kappa shape index (κ1) is 26.7.